The molecule has 58 heavy (non-hydrogen) atoms. The lowest BCUT2D eigenvalue weighted by Gasteiger charge is -2.35. The van der Waals surface area contributed by atoms with Crippen molar-refractivity contribution < 1.29 is 28.7 Å². The lowest BCUT2D eigenvalue weighted by molar-refractivity contribution is -0.911. The van der Waals surface area contributed by atoms with Crippen LogP contribution >= 0.6 is 0 Å². The number of quaternary nitrogens is 2. The Labute approximate surface area is 365 Å². The van der Waals surface area contributed by atoms with Crippen LogP contribution in [0.3, 0.4) is 0 Å². The summed E-state index contributed by atoms with van der Waals surface area (Å²) in [5.74, 6) is 0. The summed E-state index contributed by atoms with van der Waals surface area (Å²) in [5.41, 5.74) is 0. The first-order valence-corrected chi connectivity index (χ1v) is 26.5. The van der Waals surface area contributed by atoms with E-state index < -0.39 is 0 Å². The number of aliphatic hydroxyl groups is 2. The number of aliphatic hydroxyl groups excluding tert-OH is 2. The summed E-state index contributed by atoms with van der Waals surface area (Å²) in [7, 11) is 4.59. The van der Waals surface area contributed by atoms with Gasteiger partial charge in [-0.15, -0.1) is 0 Å². The molecule has 0 saturated carbocycles. The summed E-state index contributed by atoms with van der Waals surface area (Å²) in [6.07, 6.45) is 49.6. The van der Waals surface area contributed by atoms with Gasteiger partial charge in [-0.05, 0) is 38.5 Å². The van der Waals surface area contributed by atoms with Crippen molar-refractivity contribution in [3.8, 4) is 0 Å². The lowest BCUT2D eigenvalue weighted by atomic mass is 10.0. The van der Waals surface area contributed by atoms with E-state index in [4.69, 9.17) is 9.47 Å². The van der Waals surface area contributed by atoms with Crippen LogP contribution < -0.4 is 0 Å². The topological polar surface area (TPSA) is 58.9 Å². The van der Waals surface area contributed by atoms with Crippen LogP contribution in [0.5, 0.6) is 0 Å². The van der Waals surface area contributed by atoms with Crippen molar-refractivity contribution in [1.29, 1.82) is 0 Å². The SMILES string of the molecule is CCCCCCCCCCCCCCCCCCOCC[N+](C)(CCO)CCCCCC[N+](C)(CCO)CCOCCCCCCCCCCCCCCCCCC. The second-order valence-electron chi connectivity index (χ2n) is 19.3. The van der Waals surface area contributed by atoms with Gasteiger partial charge in [0.2, 0.25) is 0 Å². The summed E-state index contributed by atoms with van der Waals surface area (Å²) in [6, 6.07) is 0. The van der Waals surface area contributed by atoms with E-state index in [0.717, 1.165) is 74.7 Å². The molecule has 0 spiro atoms. The van der Waals surface area contributed by atoms with Gasteiger partial charge < -0.3 is 28.7 Å². The first kappa shape index (κ1) is 57.8. The van der Waals surface area contributed by atoms with Gasteiger partial charge in [-0.25, -0.2) is 0 Å². The predicted molar refractivity (Wildman–Crippen MR) is 255 cm³/mol. The molecule has 6 heteroatoms. The maximum Gasteiger partial charge on any atom is 0.102 e. The van der Waals surface area contributed by atoms with Gasteiger partial charge in [-0.2, -0.15) is 0 Å². The maximum atomic E-state index is 9.78. The highest BCUT2D eigenvalue weighted by Gasteiger charge is 2.22. The Kier molecular flexibility index (Phi) is 46.1. The zero-order chi connectivity index (χ0) is 42.4. The molecule has 2 N–H and O–H groups in total. The van der Waals surface area contributed by atoms with Crippen LogP contribution in [-0.2, 0) is 9.47 Å². The molecule has 0 saturated heterocycles. The van der Waals surface area contributed by atoms with Gasteiger partial charge in [-0.3, -0.25) is 0 Å². The number of hydrogen-bond donors (Lipinski definition) is 2. The molecule has 0 fully saturated rings. The van der Waals surface area contributed by atoms with Crippen molar-refractivity contribution in [3.05, 3.63) is 0 Å². The molecular formula is C52H110N2O4+2. The minimum atomic E-state index is 0.244. The monoisotopic (exact) mass is 827 g/mol. The Hall–Kier alpha value is -0.240. The molecule has 0 aromatic carbocycles. The molecule has 0 aliphatic rings. The van der Waals surface area contributed by atoms with Crippen molar-refractivity contribution in [2.24, 2.45) is 0 Å². The zero-order valence-corrected chi connectivity index (χ0v) is 40.5. The fourth-order valence-electron chi connectivity index (χ4n) is 8.77. The third-order valence-electron chi connectivity index (χ3n) is 13.3. The Morgan fingerprint density at radius 1 is 0.259 bits per heavy atom. The zero-order valence-electron chi connectivity index (χ0n) is 40.5. The van der Waals surface area contributed by atoms with Crippen LogP contribution in [0.25, 0.3) is 0 Å². The second kappa shape index (κ2) is 46.3. The smallest absolute Gasteiger partial charge is 0.102 e. The maximum absolute atomic E-state index is 9.78. The molecule has 350 valence electrons. The summed E-state index contributed by atoms with van der Waals surface area (Å²) in [5, 5.41) is 19.6. The van der Waals surface area contributed by atoms with Gasteiger partial charge in [0.25, 0.3) is 0 Å². The highest BCUT2D eigenvalue weighted by atomic mass is 16.5. The lowest BCUT2D eigenvalue weighted by Crippen LogP contribution is -2.49. The van der Waals surface area contributed by atoms with Crippen LogP contribution in [0, 0.1) is 0 Å². The first-order valence-electron chi connectivity index (χ1n) is 26.5. The molecule has 2 atom stereocenters. The number of likely N-dealkylation sites (N-methyl/N-ethyl adjacent to an activating group) is 2. The van der Waals surface area contributed by atoms with Crippen LogP contribution in [0.4, 0.5) is 0 Å². The highest BCUT2D eigenvalue weighted by Crippen LogP contribution is 2.16. The molecule has 0 radical (unpaired) electrons. The molecule has 0 heterocycles. The first-order chi connectivity index (χ1) is 28.4. The average Bonchev–Trinajstić information content (AvgIpc) is 3.21. The molecule has 0 rings (SSSR count). The van der Waals surface area contributed by atoms with Gasteiger partial charge in [-0.1, -0.05) is 206 Å². The molecule has 0 aliphatic carbocycles. The summed E-state index contributed by atoms with van der Waals surface area (Å²) in [4.78, 5) is 0. The summed E-state index contributed by atoms with van der Waals surface area (Å²) in [6.45, 7) is 14.3. The number of rotatable bonds is 51. The van der Waals surface area contributed by atoms with Gasteiger partial charge in [0.15, 0.2) is 0 Å². The second-order valence-corrected chi connectivity index (χ2v) is 19.3. The molecule has 2 unspecified atom stereocenters. The van der Waals surface area contributed by atoms with Gasteiger partial charge in [0.05, 0.1) is 53.6 Å². The van der Waals surface area contributed by atoms with Crippen LogP contribution in [0.15, 0.2) is 0 Å². The van der Waals surface area contributed by atoms with Crippen molar-refractivity contribution in [2.75, 3.05) is 93.0 Å². The van der Waals surface area contributed by atoms with E-state index in [0.29, 0.717) is 0 Å². The molecule has 0 aromatic heterocycles. The molecule has 0 amide bonds. The van der Waals surface area contributed by atoms with E-state index in [9.17, 15) is 10.2 Å². The normalized spacial score (nSPS) is 14.0. The minimum absolute atomic E-state index is 0.244. The van der Waals surface area contributed by atoms with Crippen LogP contribution in [-0.4, -0.2) is 112 Å². The van der Waals surface area contributed by atoms with Crippen molar-refractivity contribution in [2.45, 2.75) is 245 Å². The molecule has 0 aromatic rings. The average molecular weight is 827 g/mol. The number of hydrogen-bond acceptors (Lipinski definition) is 4. The fourth-order valence-corrected chi connectivity index (χ4v) is 8.77. The van der Waals surface area contributed by atoms with E-state index in [-0.39, 0.29) is 13.2 Å². The standard InChI is InChI=1S/C52H110N2O4/c1-5-7-9-11-13-15-17-19-21-23-25-27-29-31-35-39-49-57-51-45-53(3,43-47-55)41-37-33-34-38-42-54(4,44-48-56)46-52-58-50-40-36-32-30-28-26-24-22-20-18-16-14-12-10-8-6-2/h55-56H,5-52H2,1-4H3/q+2. The third kappa shape index (κ3) is 42.5. The Balaban J connectivity index is 3.76. The number of ether oxygens (including phenoxy) is 2. The largest absolute Gasteiger partial charge is 0.391 e. The fraction of sp³-hybridized carbons (Fsp3) is 1.00. The van der Waals surface area contributed by atoms with Gasteiger partial charge in [0.1, 0.15) is 26.2 Å². The molecular weight excluding hydrogens is 717 g/mol. The summed E-state index contributed by atoms with van der Waals surface area (Å²) >= 11 is 0. The van der Waals surface area contributed by atoms with Gasteiger partial charge >= 0.3 is 0 Å². The Morgan fingerprint density at radius 2 is 0.483 bits per heavy atom. The van der Waals surface area contributed by atoms with Crippen LogP contribution in [0.1, 0.15) is 245 Å². The van der Waals surface area contributed by atoms with Gasteiger partial charge in [0, 0.05) is 13.2 Å². The highest BCUT2D eigenvalue weighted by molar-refractivity contribution is 4.53. The van der Waals surface area contributed by atoms with E-state index in [1.165, 1.54) is 231 Å². The van der Waals surface area contributed by atoms with E-state index in [1.54, 1.807) is 0 Å². The molecule has 6 nitrogen and oxygen atoms in total. The van der Waals surface area contributed by atoms with Crippen molar-refractivity contribution in [3.63, 3.8) is 0 Å². The van der Waals surface area contributed by atoms with Crippen molar-refractivity contribution in [1.82, 2.24) is 0 Å². The van der Waals surface area contributed by atoms with Crippen molar-refractivity contribution >= 4 is 0 Å². The predicted octanol–water partition coefficient (Wildman–Crippen LogP) is 14.0. The van der Waals surface area contributed by atoms with E-state index in [1.807, 2.05) is 0 Å². The Bertz CT molecular complexity index is 710. The number of unbranched alkanes of at least 4 members (excludes halogenated alkanes) is 33. The van der Waals surface area contributed by atoms with E-state index in [2.05, 4.69) is 27.9 Å². The number of nitrogens with zero attached hydrogens (tertiary/aromatic N) is 2. The third-order valence-corrected chi connectivity index (χ3v) is 13.3. The minimum Gasteiger partial charge on any atom is -0.391 e. The molecule has 0 bridgehead atoms. The Morgan fingerprint density at radius 3 is 0.724 bits per heavy atom. The quantitative estimate of drug-likeness (QED) is 0.0474. The van der Waals surface area contributed by atoms with Crippen LogP contribution in [0.2, 0.25) is 0 Å². The summed E-state index contributed by atoms with van der Waals surface area (Å²) < 4.78 is 14.0. The van der Waals surface area contributed by atoms with E-state index >= 15 is 0 Å². The molecule has 0 aliphatic heterocycles.